The zero-order chi connectivity index (χ0) is 13.9. The van der Waals surface area contributed by atoms with Crippen molar-refractivity contribution in [2.24, 2.45) is 7.05 Å². The number of nitrogens with zero attached hydrogens (tertiary/aromatic N) is 3. The van der Waals surface area contributed by atoms with Gasteiger partial charge in [0, 0.05) is 13.0 Å². The van der Waals surface area contributed by atoms with Crippen LogP contribution in [0.3, 0.4) is 0 Å². The third kappa shape index (κ3) is 2.69. The summed E-state index contributed by atoms with van der Waals surface area (Å²) in [5, 5.41) is 25.3. The van der Waals surface area contributed by atoms with E-state index in [9.17, 15) is 15.2 Å². The van der Waals surface area contributed by atoms with Gasteiger partial charge in [0.05, 0.1) is 11.0 Å². The summed E-state index contributed by atoms with van der Waals surface area (Å²) in [5.41, 5.74) is 1.09. The second-order valence-electron chi connectivity index (χ2n) is 4.58. The average Bonchev–Trinajstić information content (AvgIpc) is 2.64. The van der Waals surface area contributed by atoms with Crippen LogP contribution in [0, 0.1) is 10.1 Å². The van der Waals surface area contributed by atoms with Gasteiger partial charge >= 0.3 is 5.69 Å². The minimum atomic E-state index is -0.589. The summed E-state index contributed by atoms with van der Waals surface area (Å²) in [6.07, 6.45) is 1.36. The molecule has 0 amide bonds. The van der Waals surface area contributed by atoms with E-state index in [1.807, 2.05) is 13.8 Å². The molecule has 1 rings (SSSR count). The highest BCUT2D eigenvalue weighted by molar-refractivity contribution is 5.43. The highest BCUT2D eigenvalue weighted by Gasteiger charge is 2.31. The van der Waals surface area contributed by atoms with Crippen molar-refractivity contribution >= 4 is 5.69 Å². The lowest BCUT2D eigenvalue weighted by molar-refractivity contribution is -0.386. The number of rotatable bonds is 6. The Bertz CT molecular complexity index is 428. The molecule has 0 fully saturated rings. The van der Waals surface area contributed by atoms with E-state index >= 15 is 0 Å². The van der Waals surface area contributed by atoms with Crippen molar-refractivity contribution in [3.05, 3.63) is 21.5 Å². The Morgan fingerprint density at radius 3 is 2.56 bits per heavy atom. The second-order valence-corrected chi connectivity index (χ2v) is 4.58. The summed E-state index contributed by atoms with van der Waals surface area (Å²) in [6, 6.07) is 0. The van der Waals surface area contributed by atoms with Crippen LogP contribution in [0.5, 0.6) is 0 Å². The first-order valence-electron chi connectivity index (χ1n) is 6.32. The summed E-state index contributed by atoms with van der Waals surface area (Å²) >= 11 is 0. The van der Waals surface area contributed by atoms with E-state index in [2.05, 4.69) is 5.10 Å². The summed E-state index contributed by atoms with van der Waals surface area (Å²) in [7, 11) is 1.69. The van der Waals surface area contributed by atoms with E-state index in [-0.39, 0.29) is 16.5 Å². The number of hydrogen-bond donors (Lipinski definition) is 1. The maximum Gasteiger partial charge on any atom is 0.313 e. The van der Waals surface area contributed by atoms with Gasteiger partial charge < -0.3 is 5.11 Å². The van der Waals surface area contributed by atoms with Crippen LogP contribution < -0.4 is 0 Å². The fraction of sp³-hybridized carbons (Fsp3) is 0.750. The molecule has 0 aliphatic rings. The molecule has 1 aromatic heterocycles. The molecule has 18 heavy (non-hydrogen) atoms. The lowest BCUT2D eigenvalue weighted by atomic mass is 9.97. The first-order chi connectivity index (χ1) is 8.43. The molecule has 0 saturated carbocycles. The fourth-order valence-corrected chi connectivity index (χ4v) is 2.23. The van der Waals surface area contributed by atoms with Crippen molar-refractivity contribution in [2.75, 3.05) is 0 Å². The maximum absolute atomic E-state index is 11.2. The maximum atomic E-state index is 11.2. The van der Waals surface area contributed by atoms with Crippen molar-refractivity contribution in [3.8, 4) is 0 Å². The number of aliphatic hydroxyl groups excluding tert-OH is 1. The number of hydrogen-bond acceptors (Lipinski definition) is 4. The molecule has 2 atom stereocenters. The van der Waals surface area contributed by atoms with Crippen LogP contribution in [-0.4, -0.2) is 25.9 Å². The average molecular weight is 255 g/mol. The second kappa shape index (κ2) is 5.95. The van der Waals surface area contributed by atoms with Crippen molar-refractivity contribution < 1.29 is 10.0 Å². The van der Waals surface area contributed by atoms with Gasteiger partial charge in [0.25, 0.3) is 0 Å². The Kier molecular flexibility index (Phi) is 4.84. The first-order valence-corrected chi connectivity index (χ1v) is 6.32. The SMILES string of the molecule is CCCc1nn(C)c(C(C)C(O)CC)c1[N+](=O)[O-]. The van der Waals surface area contributed by atoms with E-state index in [1.54, 1.807) is 14.0 Å². The van der Waals surface area contributed by atoms with Crippen LogP contribution in [-0.2, 0) is 13.5 Å². The van der Waals surface area contributed by atoms with Gasteiger partial charge in [0.15, 0.2) is 0 Å². The Balaban J connectivity index is 3.29. The normalized spacial score (nSPS) is 14.5. The van der Waals surface area contributed by atoms with Gasteiger partial charge in [-0.1, -0.05) is 27.2 Å². The van der Waals surface area contributed by atoms with Gasteiger partial charge in [-0.15, -0.1) is 0 Å². The highest BCUT2D eigenvalue weighted by atomic mass is 16.6. The molecule has 0 bridgehead atoms. The van der Waals surface area contributed by atoms with Crippen molar-refractivity contribution in [2.45, 2.75) is 52.1 Å². The minimum absolute atomic E-state index is 0.0688. The van der Waals surface area contributed by atoms with Gasteiger partial charge in [0.2, 0.25) is 0 Å². The topological polar surface area (TPSA) is 81.2 Å². The molecule has 102 valence electrons. The van der Waals surface area contributed by atoms with Crippen LogP contribution in [0.25, 0.3) is 0 Å². The van der Waals surface area contributed by atoms with Gasteiger partial charge in [0.1, 0.15) is 11.4 Å². The largest absolute Gasteiger partial charge is 0.392 e. The van der Waals surface area contributed by atoms with Crippen LogP contribution in [0.15, 0.2) is 0 Å². The molecule has 0 aliphatic carbocycles. The Labute approximate surface area is 107 Å². The van der Waals surface area contributed by atoms with E-state index < -0.39 is 6.10 Å². The number of aliphatic hydroxyl groups is 1. The quantitative estimate of drug-likeness (QED) is 0.623. The van der Waals surface area contributed by atoms with Crippen molar-refractivity contribution in [1.82, 2.24) is 9.78 Å². The molecule has 0 radical (unpaired) electrons. The molecule has 0 spiro atoms. The summed E-state index contributed by atoms with van der Waals surface area (Å²) in [4.78, 5) is 10.8. The van der Waals surface area contributed by atoms with Gasteiger partial charge in [-0.3, -0.25) is 14.8 Å². The molecule has 1 heterocycles. The molecule has 0 saturated heterocycles. The molecule has 0 aromatic carbocycles. The molecule has 0 aliphatic heterocycles. The summed E-state index contributed by atoms with van der Waals surface area (Å²) < 4.78 is 1.53. The third-order valence-electron chi connectivity index (χ3n) is 3.23. The van der Waals surface area contributed by atoms with Crippen LogP contribution in [0.4, 0.5) is 5.69 Å². The lowest BCUT2D eigenvalue weighted by Crippen LogP contribution is -2.18. The lowest BCUT2D eigenvalue weighted by Gasteiger charge is -2.16. The third-order valence-corrected chi connectivity index (χ3v) is 3.23. The molecule has 1 N–H and O–H groups in total. The molecule has 1 aromatic rings. The van der Waals surface area contributed by atoms with E-state index in [1.165, 1.54) is 4.68 Å². The van der Waals surface area contributed by atoms with E-state index in [0.717, 1.165) is 6.42 Å². The molecule has 2 unspecified atom stereocenters. The standard InChI is InChI=1S/C12H21N3O3/c1-5-7-9-12(15(17)18)11(14(4)13-9)8(3)10(16)6-2/h8,10,16H,5-7H2,1-4H3. The van der Waals surface area contributed by atoms with Crippen molar-refractivity contribution in [1.29, 1.82) is 0 Å². The van der Waals surface area contributed by atoms with Crippen LogP contribution >= 0.6 is 0 Å². The first kappa shape index (κ1) is 14.6. The number of aromatic nitrogens is 2. The Morgan fingerprint density at radius 2 is 2.11 bits per heavy atom. The van der Waals surface area contributed by atoms with Gasteiger partial charge in [-0.25, -0.2) is 0 Å². The summed E-state index contributed by atoms with van der Waals surface area (Å²) in [5.74, 6) is -0.293. The summed E-state index contributed by atoms with van der Waals surface area (Å²) in [6.45, 7) is 5.62. The van der Waals surface area contributed by atoms with Crippen LogP contribution in [0.1, 0.15) is 50.9 Å². The molecule has 6 heteroatoms. The predicted molar refractivity (Wildman–Crippen MR) is 68.6 cm³/mol. The predicted octanol–water partition coefficient (Wildman–Crippen LogP) is 2.16. The highest BCUT2D eigenvalue weighted by Crippen LogP contribution is 2.32. The minimum Gasteiger partial charge on any atom is -0.392 e. The molecular formula is C12H21N3O3. The zero-order valence-corrected chi connectivity index (χ0v) is 11.4. The van der Waals surface area contributed by atoms with Gasteiger partial charge in [-0.05, 0) is 12.8 Å². The van der Waals surface area contributed by atoms with Gasteiger partial charge in [-0.2, -0.15) is 5.10 Å². The number of nitro groups is 1. The molecular weight excluding hydrogens is 234 g/mol. The van der Waals surface area contributed by atoms with Crippen molar-refractivity contribution in [3.63, 3.8) is 0 Å². The van der Waals surface area contributed by atoms with Crippen LogP contribution in [0.2, 0.25) is 0 Å². The Morgan fingerprint density at radius 1 is 1.50 bits per heavy atom. The smallest absolute Gasteiger partial charge is 0.313 e. The van der Waals surface area contributed by atoms with E-state index in [4.69, 9.17) is 0 Å². The fourth-order valence-electron chi connectivity index (χ4n) is 2.23. The van der Waals surface area contributed by atoms with E-state index in [0.29, 0.717) is 24.2 Å². The molecule has 6 nitrogen and oxygen atoms in total. The zero-order valence-electron chi connectivity index (χ0n) is 11.4. The Hall–Kier alpha value is -1.43. The monoisotopic (exact) mass is 255 g/mol. The number of aryl methyl sites for hydroxylation is 2.